The number of carboxylic acid groups (broad SMARTS) is 1. The van der Waals surface area contributed by atoms with Crippen molar-refractivity contribution in [1.29, 1.82) is 0 Å². The minimum absolute atomic E-state index is 0.00682. The zero-order chi connectivity index (χ0) is 16.2. The molecule has 0 radical (unpaired) electrons. The maximum atomic E-state index is 12.1. The molecule has 0 aromatic heterocycles. The minimum Gasteiger partial charge on any atom is -0.493 e. The van der Waals surface area contributed by atoms with E-state index >= 15 is 0 Å². The first kappa shape index (κ1) is 17.1. The van der Waals surface area contributed by atoms with Crippen LogP contribution in [0.4, 0.5) is 0 Å². The lowest BCUT2D eigenvalue weighted by atomic mass is 9.94. The molecule has 1 amide bonds. The molecule has 0 aliphatic heterocycles. The van der Waals surface area contributed by atoms with Crippen molar-refractivity contribution in [3.05, 3.63) is 22.7 Å². The molecule has 1 aromatic rings. The first-order chi connectivity index (χ1) is 9.72. The van der Waals surface area contributed by atoms with Gasteiger partial charge in [-0.3, -0.25) is 9.59 Å². The zero-order valence-corrected chi connectivity index (χ0v) is 13.1. The van der Waals surface area contributed by atoms with E-state index in [0.29, 0.717) is 11.5 Å². The highest BCUT2D eigenvalue weighted by Gasteiger charge is 2.28. The average Bonchev–Trinajstić information content (AvgIpc) is 2.43. The van der Waals surface area contributed by atoms with Crippen LogP contribution in [0, 0.1) is 5.41 Å². The summed E-state index contributed by atoms with van der Waals surface area (Å²) in [4.78, 5) is 23.1. The van der Waals surface area contributed by atoms with Gasteiger partial charge in [-0.2, -0.15) is 0 Å². The molecule has 0 aliphatic carbocycles. The summed E-state index contributed by atoms with van der Waals surface area (Å²) in [5.74, 6) is -0.769. The van der Waals surface area contributed by atoms with Gasteiger partial charge in [0.05, 0.1) is 24.7 Å². The van der Waals surface area contributed by atoms with Crippen molar-refractivity contribution in [2.24, 2.45) is 5.41 Å². The average molecular weight is 316 g/mol. The standard InChI is InChI=1S/C14H18ClNO5/c1-14(2,13(18)19)7-16-12(17)8-5-9(15)11(21-4)10(6-8)20-3/h5-6H,7H2,1-4H3,(H,16,17)(H,18,19). The van der Waals surface area contributed by atoms with E-state index in [2.05, 4.69) is 5.32 Å². The Morgan fingerprint density at radius 3 is 2.38 bits per heavy atom. The summed E-state index contributed by atoms with van der Waals surface area (Å²) in [7, 11) is 2.88. The second kappa shape index (κ2) is 6.67. The van der Waals surface area contributed by atoms with Crippen LogP contribution >= 0.6 is 11.6 Å². The Balaban J connectivity index is 2.94. The number of aliphatic carboxylic acids is 1. The first-order valence-corrected chi connectivity index (χ1v) is 6.54. The highest BCUT2D eigenvalue weighted by atomic mass is 35.5. The van der Waals surface area contributed by atoms with Crippen LogP contribution in [0.15, 0.2) is 12.1 Å². The van der Waals surface area contributed by atoms with Crippen LogP contribution in [0.1, 0.15) is 24.2 Å². The molecule has 0 spiro atoms. The van der Waals surface area contributed by atoms with E-state index in [-0.39, 0.29) is 17.1 Å². The lowest BCUT2D eigenvalue weighted by Gasteiger charge is -2.19. The summed E-state index contributed by atoms with van der Waals surface area (Å²) in [5, 5.41) is 11.8. The third kappa shape index (κ3) is 4.01. The quantitative estimate of drug-likeness (QED) is 0.840. The second-order valence-corrected chi connectivity index (χ2v) is 5.47. The Hall–Kier alpha value is -1.95. The first-order valence-electron chi connectivity index (χ1n) is 6.16. The number of carboxylic acids is 1. The van der Waals surface area contributed by atoms with Crippen LogP contribution in [-0.2, 0) is 4.79 Å². The van der Waals surface area contributed by atoms with Gasteiger partial charge in [0, 0.05) is 12.1 Å². The number of hydrogen-bond donors (Lipinski definition) is 2. The summed E-state index contributed by atoms with van der Waals surface area (Å²) in [6.07, 6.45) is 0. The molecule has 0 atom stereocenters. The molecule has 0 heterocycles. The second-order valence-electron chi connectivity index (χ2n) is 5.07. The number of nitrogens with one attached hydrogen (secondary N) is 1. The smallest absolute Gasteiger partial charge is 0.310 e. The molecule has 1 aromatic carbocycles. The van der Waals surface area contributed by atoms with Gasteiger partial charge in [0.1, 0.15) is 0 Å². The summed E-state index contributed by atoms with van der Waals surface area (Å²) >= 11 is 6.02. The zero-order valence-electron chi connectivity index (χ0n) is 12.3. The normalized spacial score (nSPS) is 10.9. The van der Waals surface area contributed by atoms with E-state index in [1.807, 2.05) is 0 Å². The molecule has 6 nitrogen and oxygen atoms in total. The highest BCUT2D eigenvalue weighted by molar-refractivity contribution is 6.32. The minimum atomic E-state index is -1.06. The van der Waals surface area contributed by atoms with Crippen LogP contribution in [-0.4, -0.2) is 37.7 Å². The van der Waals surface area contributed by atoms with Gasteiger partial charge in [-0.1, -0.05) is 11.6 Å². The van der Waals surface area contributed by atoms with Crippen LogP contribution in [0.5, 0.6) is 11.5 Å². The molecular weight excluding hydrogens is 298 g/mol. The van der Waals surface area contributed by atoms with Gasteiger partial charge in [-0.05, 0) is 26.0 Å². The molecule has 0 saturated carbocycles. The molecule has 1 rings (SSSR count). The van der Waals surface area contributed by atoms with E-state index in [9.17, 15) is 9.59 Å². The molecule has 0 saturated heterocycles. The number of halogens is 1. The maximum Gasteiger partial charge on any atom is 0.310 e. The number of hydrogen-bond acceptors (Lipinski definition) is 4. The lowest BCUT2D eigenvalue weighted by molar-refractivity contribution is -0.146. The van der Waals surface area contributed by atoms with Gasteiger partial charge in [0.2, 0.25) is 0 Å². The fourth-order valence-electron chi connectivity index (χ4n) is 1.53. The number of methoxy groups -OCH3 is 2. The fraction of sp³-hybridized carbons (Fsp3) is 0.429. The number of carbonyl (C=O) groups excluding carboxylic acids is 1. The molecule has 0 unspecified atom stereocenters. The molecular formula is C14H18ClNO5. The fourth-order valence-corrected chi connectivity index (χ4v) is 1.82. The largest absolute Gasteiger partial charge is 0.493 e. The van der Waals surface area contributed by atoms with Gasteiger partial charge in [0.25, 0.3) is 5.91 Å². The van der Waals surface area contributed by atoms with Crippen LogP contribution in [0.25, 0.3) is 0 Å². The van der Waals surface area contributed by atoms with E-state index in [4.69, 9.17) is 26.2 Å². The SMILES string of the molecule is COc1cc(C(=O)NCC(C)(C)C(=O)O)cc(Cl)c1OC. The molecule has 7 heteroatoms. The van der Waals surface area contributed by atoms with Crippen molar-refractivity contribution in [3.63, 3.8) is 0 Å². The van der Waals surface area contributed by atoms with E-state index in [1.165, 1.54) is 40.2 Å². The Bertz CT molecular complexity index is 557. The van der Waals surface area contributed by atoms with Crippen molar-refractivity contribution < 1.29 is 24.2 Å². The summed E-state index contributed by atoms with van der Waals surface area (Å²) < 4.78 is 10.2. The van der Waals surface area contributed by atoms with Gasteiger partial charge in [0.15, 0.2) is 11.5 Å². The van der Waals surface area contributed by atoms with E-state index in [1.54, 1.807) is 0 Å². The summed E-state index contributed by atoms with van der Waals surface area (Å²) in [6, 6.07) is 2.92. The number of amides is 1. The molecule has 0 fully saturated rings. The number of rotatable bonds is 6. The Morgan fingerprint density at radius 1 is 1.29 bits per heavy atom. The van der Waals surface area contributed by atoms with Gasteiger partial charge < -0.3 is 19.9 Å². The molecule has 116 valence electrons. The van der Waals surface area contributed by atoms with Gasteiger partial charge in [-0.25, -0.2) is 0 Å². The molecule has 2 N–H and O–H groups in total. The van der Waals surface area contributed by atoms with Crippen molar-refractivity contribution in [3.8, 4) is 11.5 Å². The Labute approximate surface area is 128 Å². The Kier molecular flexibility index (Phi) is 5.43. The number of benzene rings is 1. The van der Waals surface area contributed by atoms with E-state index < -0.39 is 17.3 Å². The van der Waals surface area contributed by atoms with Crippen molar-refractivity contribution in [2.75, 3.05) is 20.8 Å². The van der Waals surface area contributed by atoms with E-state index in [0.717, 1.165) is 0 Å². The number of ether oxygens (including phenoxy) is 2. The van der Waals surface area contributed by atoms with Crippen molar-refractivity contribution in [2.45, 2.75) is 13.8 Å². The predicted octanol–water partition coefficient (Wildman–Crippen LogP) is 2.20. The highest BCUT2D eigenvalue weighted by Crippen LogP contribution is 2.36. The van der Waals surface area contributed by atoms with Gasteiger partial charge in [-0.15, -0.1) is 0 Å². The lowest BCUT2D eigenvalue weighted by Crippen LogP contribution is -2.38. The van der Waals surface area contributed by atoms with Gasteiger partial charge >= 0.3 is 5.97 Å². The molecule has 0 aliphatic rings. The molecule has 21 heavy (non-hydrogen) atoms. The monoisotopic (exact) mass is 315 g/mol. The molecule has 0 bridgehead atoms. The van der Waals surface area contributed by atoms with Crippen LogP contribution in [0.3, 0.4) is 0 Å². The summed E-state index contributed by atoms with van der Waals surface area (Å²) in [5.41, 5.74) is -0.797. The third-order valence-electron chi connectivity index (χ3n) is 2.97. The Morgan fingerprint density at radius 2 is 1.90 bits per heavy atom. The third-order valence-corrected chi connectivity index (χ3v) is 3.25. The number of carbonyl (C=O) groups is 2. The van der Waals surface area contributed by atoms with Crippen LogP contribution < -0.4 is 14.8 Å². The van der Waals surface area contributed by atoms with Crippen LogP contribution in [0.2, 0.25) is 5.02 Å². The topological polar surface area (TPSA) is 84.9 Å². The van der Waals surface area contributed by atoms with Crippen molar-refractivity contribution in [1.82, 2.24) is 5.32 Å². The predicted molar refractivity (Wildman–Crippen MR) is 78.3 cm³/mol. The van der Waals surface area contributed by atoms with Crippen molar-refractivity contribution >= 4 is 23.5 Å². The maximum absolute atomic E-state index is 12.1. The summed E-state index contributed by atoms with van der Waals surface area (Å²) in [6.45, 7) is 3.04.